The van der Waals surface area contributed by atoms with Crippen LogP contribution in [0.2, 0.25) is 5.02 Å². The lowest BCUT2D eigenvalue weighted by atomic mass is 9.98. The zero-order valence-corrected chi connectivity index (χ0v) is 19.3. The van der Waals surface area contributed by atoms with E-state index in [1.54, 1.807) is 29.2 Å². The summed E-state index contributed by atoms with van der Waals surface area (Å²) in [5.41, 5.74) is 3.12. The van der Waals surface area contributed by atoms with Crippen LogP contribution in [-0.4, -0.2) is 18.4 Å². The quantitative estimate of drug-likeness (QED) is 0.371. The highest BCUT2D eigenvalue weighted by atomic mass is 35.5. The standard InChI is InChI=1S/C28H20ClN3O3/c29-21-11-13-22(14-12-21)32-17-20(15-24(32)33)27(34)31-28-23(16-30)25(18-7-3-1-4-8-18)26(35-28)19-9-5-2-6-10-19/h1-14,20H,15,17H2,(H,31,34). The third-order valence-electron chi connectivity index (χ3n) is 5.99. The van der Waals surface area contributed by atoms with Crippen LogP contribution in [-0.2, 0) is 9.59 Å². The minimum atomic E-state index is -0.588. The maximum Gasteiger partial charge on any atom is 0.232 e. The third kappa shape index (κ3) is 4.42. The van der Waals surface area contributed by atoms with E-state index in [2.05, 4.69) is 11.4 Å². The van der Waals surface area contributed by atoms with Gasteiger partial charge in [0, 0.05) is 34.8 Å². The number of amides is 2. The third-order valence-corrected chi connectivity index (χ3v) is 6.24. The van der Waals surface area contributed by atoms with Crippen LogP contribution in [0, 0.1) is 17.2 Å². The number of carbonyl (C=O) groups excluding carboxylic acids is 2. The molecule has 1 aliphatic heterocycles. The maximum absolute atomic E-state index is 13.2. The zero-order chi connectivity index (χ0) is 24.4. The number of hydrogen-bond donors (Lipinski definition) is 1. The lowest BCUT2D eigenvalue weighted by molar-refractivity contribution is -0.122. The molecule has 5 rings (SSSR count). The minimum Gasteiger partial charge on any atom is -0.438 e. The summed E-state index contributed by atoms with van der Waals surface area (Å²) < 4.78 is 6.09. The van der Waals surface area contributed by atoms with Gasteiger partial charge in [-0.1, -0.05) is 72.3 Å². The maximum atomic E-state index is 13.2. The lowest BCUT2D eigenvalue weighted by Gasteiger charge is -2.16. The Labute approximate surface area is 207 Å². The van der Waals surface area contributed by atoms with Gasteiger partial charge in [-0.05, 0) is 29.8 Å². The molecule has 0 bridgehead atoms. The Hall–Kier alpha value is -4.34. The second-order valence-electron chi connectivity index (χ2n) is 8.23. The molecule has 2 heterocycles. The van der Waals surface area contributed by atoms with Crippen LogP contribution >= 0.6 is 11.6 Å². The van der Waals surface area contributed by atoms with Gasteiger partial charge in [0.25, 0.3) is 0 Å². The molecular formula is C28H20ClN3O3. The number of nitriles is 1. The Bertz CT molecular complexity index is 1420. The molecule has 1 atom stereocenters. The fourth-order valence-electron chi connectivity index (χ4n) is 4.27. The van der Waals surface area contributed by atoms with E-state index >= 15 is 0 Å². The monoisotopic (exact) mass is 481 g/mol. The molecule has 7 heteroatoms. The first kappa shape index (κ1) is 22.5. The molecule has 1 aliphatic rings. The van der Waals surface area contributed by atoms with Gasteiger partial charge in [0.2, 0.25) is 17.7 Å². The number of hydrogen-bond acceptors (Lipinski definition) is 4. The van der Waals surface area contributed by atoms with E-state index in [0.717, 1.165) is 11.1 Å². The highest BCUT2D eigenvalue weighted by Crippen LogP contribution is 2.41. The molecule has 172 valence electrons. The van der Waals surface area contributed by atoms with Crippen LogP contribution < -0.4 is 10.2 Å². The van der Waals surface area contributed by atoms with Gasteiger partial charge in [-0.15, -0.1) is 0 Å². The van der Waals surface area contributed by atoms with Gasteiger partial charge in [-0.3, -0.25) is 14.9 Å². The predicted octanol–water partition coefficient (Wildman–Crippen LogP) is 6.13. The van der Waals surface area contributed by atoms with Gasteiger partial charge in [0.1, 0.15) is 17.4 Å². The summed E-state index contributed by atoms with van der Waals surface area (Å²) in [4.78, 5) is 27.4. The molecule has 2 amide bonds. The van der Waals surface area contributed by atoms with Gasteiger partial charge in [0.15, 0.2) is 0 Å². The fourth-order valence-corrected chi connectivity index (χ4v) is 4.39. The summed E-state index contributed by atoms with van der Waals surface area (Å²) in [5.74, 6) is -0.543. The Morgan fingerprint density at radius 1 is 0.971 bits per heavy atom. The molecule has 35 heavy (non-hydrogen) atoms. The topological polar surface area (TPSA) is 86.3 Å². The fraction of sp³-hybridized carbons (Fsp3) is 0.107. The Morgan fingerprint density at radius 3 is 2.23 bits per heavy atom. The Morgan fingerprint density at radius 2 is 1.60 bits per heavy atom. The largest absolute Gasteiger partial charge is 0.438 e. The summed E-state index contributed by atoms with van der Waals surface area (Å²) in [7, 11) is 0. The smallest absolute Gasteiger partial charge is 0.232 e. The van der Waals surface area contributed by atoms with Crippen LogP contribution in [0.3, 0.4) is 0 Å². The number of anilines is 2. The summed E-state index contributed by atoms with van der Waals surface area (Å²) in [6.07, 6.45) is 0.0636. The van der Waals surface area contributed by atoms with E-state index in [4.69, 9.17) is 16.0 Å². The van der Waals surface area contributed by atoms with Crippen LogP contribution in [0.4, 0.5) is 11.6 Å². The van der Waals surface area contributed by atoms with Crippen LogP contribution in [0.5, 0.6) is 0 Å². The molecule has 1 unspecified atom stereocenters. The van der Waals surface area contributed by atoms with Gasteiger partial charge in [0.05, 0.1) is 5.92 Å². The molecule has 0 saturated carbocycles. The van der Waals surface area contributed by atoms with Crippen LogP contribution in [0.25, 0.3) is 22.5 Å². The summed E-state index contributed by atoms with van der Waals surface area (Å²) in [6.45, 7) is 0.228. The van der Waals surface area contributed by atoms with Gasteiger partial charge < -0.3 is 9.32 Å². The summed E-state index contributed by atoms with van der Waals surface area (Å²) in [5, 5.41) is 13.4. The SMILES string of the molecule is N#Cc1c(NC(=O)C2CC(=O)N(c3ccc(Cl)cc3)C2)oc(-c2ccccc2)c1-c1ccccc1. The average molecular weight is 482 g/mol. The molecule has 6 nitrogen and oxygen atoms in total. The molecule has 0 spiro atoms. The lowest BCUT2D eigenvalue weighted by Crippen LogP contribution is -2.28. The van der Waals surface area contributed by atoms with E-state index < -0.39 is 5.92 Å². The van der Waals surface area contributed by atoms with Crippen molar-refractivity contribution >= 4 is 35.0 Å². The molecule has 0 radical (unpaired) electrons. The van der Waals surface area contributed by atoms with Crippen LogP contribution in [0.1, 0.15) is 12.0 Å². The van der Waals surface area contributed by atoms with E-state index in [9.17, 15) is 14.9 Å². The van der Waals surface area contributed by atoms with E-state index in [0.29, 0.717) is 22.0 Å². The van der Waals surface area contributed by atoms with Gasteiger partial charge in [-0.2, -0.15) is 5.26 Å². The molecule has 1 saturated heterocycles. The first-order valence-corrected chi connectivity index (χ1v) is 11.5. The second-order valence-corrected chi connectivity index (χ2v) is 8.66. The number of nitrogens with one attached hydrogen (secondary N) is 1. The summed E-state index contributed by atoms with van der Waals surface area (Å²) >= 11 is 5.95. The molecule has 3 aromatic carbocycles. The van der Waals surface area contributed by atoms with Gasteiger partial charge >= 0.3 is 0 Å². The van der Waals surface area contributed by atoms with Crippen molar-refractivity contribution in [3.05, 3.63) is 95.5 Å². The molecule has 1 fully saturated rings. The number of benzene rings is 3. The highest BCUT2D eigenvalue weighted by Gasteiger charge is 2.36. The van der Waals surface area contributed by atoms with Crippen molar-refractivity contribution in [1.29, 1.82) is 5.26 Å². The van der Waals surface area contributed by atoms with E-state index in [-0.39, 0.29) is 36.2 Å². The van der Waals surface area contributed by atoms with Crippen molar-refractivity contribution in [3.63, 3.8) is 0 Å². The van der Waals surface area contributed by atoms with Crippen LogP contribution in [0.15, 0.2) is 89.3 Å². The molecule has 1 N–H and O–H groups in total. The number of nitrogens with zero attached hydrogens (tertiary/aromatic N) is 2. The first-order chi connectivity index (χ1) is 17.0. The molecule has 4 aromatic rings. The van der Waals surface area contributed by atoms with Gasteiger partial charge in [-0.25, -0.2) is 0 Å². The number of rotatable bonds is 5. The Kier molecular flexibility index (Phi) is 6.09. The van der Waals surface area contributed by atoms with E-state index in [1.807, 2.05) is 60.7 Å². The zero-order valence-electron chi connectivity index (χ0n) is 18.6. The number of furan rings is 1. The second kappa shape index (κ2) is 9.49. The summed E-state index contributed by atoms with van der Waals surface area (Å²) in [6, 6.07) is 28.0. The molecule has 1 aromatic heterocycles. The number of carbonyl (C=O) groups is 2. The van der Waals surface area contributed by atoms with Crippen molar-refractivity contribution in [2.45, 2.75) is 6.42 Å². The van der Waals surface area contributed by atoms with Crippen molar-refractivity contribution in [2.24, 2.45) is 5.92 Å². The van der Waals surface area contributed by atoms with Crippen molar-refractivity contribution in [2.75, 3.05) is 16.8 Å². The van der Waals surface area contributed by atoms with Crippen molar-refractivity contribution < 1.29 is 14.0 Å². The Balaban J connectivity index is 1.46. The van der Waals surface area contributed by atoms with Crippen molar-refractivity contribution in [1.82, 2.24) is 0 Å². The highest BCUT2D eigenvalue weighted by molar-refractivity contribution is 6.30. The number of halogens is 1. The average Bonchev–Trinajstić information content (AvgIpc) is 3.46. The first-order valence-electron chi connectivity index (χ1n) is 11.1. The normalized spacial score (nSPS) is 15.1. The van der Waals surface area contributed by atoms with Crippen molar-refractivity contribution in [3.8, 4) is 28.5 Å². The molecular weight excluding hydrogens is 462 g/mol. The predicted molar refractivity (Wildman–Crippen MR) is 135 cm³/mol. The minimum absolute atomic E-state index is 0.0636. The molecule has 0 aliphatic carbocycles. The van der Waals surface area contributed by atoms with E-state index in [1.165, 1.54) is 0 Å².